The lowest BCUT2D eigenvalue weighted by atomic mass is 10.2. The summed E-state index contributed by atoms with van der Waals surface area (Å²) in [7, 11) is -3.46. The van der Waals surface area contributed by atoms with Gasteiger partial charge in [0.05, 0.1) is 23.1 Å². The average Bonchev–Trinajstić information content (AvgIpc) is 3.20. The van der Waals surface area contributed by atoms with E-state index in [0.29, 0.717) is 30.8 Å². The van der Waals surface area contributed by atoms with Crippen molar-refractivity contribution in [2.45, 2.75) is 13.3 Å². The van der Waals surface area contributed by atoms with Crippen LogP contribution < -0.4 is 0 Å². The number of rotatable bonds is 4. The molecule has 2 aromatic rings. The van der Waals surface area contributed by atoms with Crippen LogP contribution in [0.5, 0.6) is 0 Å². The second-order valence-electron chi connectivity index (χ2n) is 6.26. The Morgan fingerprint density at radius 1 is 1.12 bits per heavy atom. The van der Waals surface area contributed by atoms with Crippen molar-refractivity contribution in [2.24, 2.45) is 0 Å². The van der Waals surface area contributed by atoms with Crippen LogP contribution >= 0.6 is 0 Å². The number of hydrogen-bond acceptors (Lipinski definition) is 5. The standard InChI is InChI=1S/C17H20N4O4S/c1-13-15(11-18-21(13)14-7-4-3-5-8-14)17(23)20-10-6-9-19(20)16(22)12-26(2,24)25/h3-5,7-8,11H,6,9-10,12H2,1-2H3. The Labute approximate surface area is 151 Å². The molecule has 1 aliphatic heterocycles. The molecule has 1 aromatic carbocycles. The first-order valence-electron chi connectivity index (χ1n) is 8.18. The van der Waals surface area contributed by atoms with Crippen LogP contribution in [0.1, 0.15) is 22.5 Å². The van der Waals surface area contributed by atoms with E-state index in [4.69, 9.17) is 0 Å². The largest absolute Gasteiger partial charge is 0.275 e. The molecule has 1 aromatic heterocycles. The maximum Gasteiger partial charge on any atom is 0.275 e. The van der Waals surface area contributed by atoms with Gasteiger partial charge >= 0.3 is 0 Å². The second kappa shape index (κ2) is 6.91. The number of para-hydroxylation sites is 1. The summed E-state index contributed by atoms with van der Waals surface area (Å²) in [6.07, 6.45) is 3.08. The van der Waals surface area contributed by atoms with Gasteiger partial charge in [0, 0.05) is 19.3 Å². The molecule has 1 aliphatic rings. The first-order chi connectivity index (χ1) is 12.3. The maximum absolute atomic E-state index is 12.9. The Kier molecular flexibility index (Phi) is 4.82. The third kappa shape index (κ3) is 3.62. The second-order valence-corrected chi connectivity index (χ2v) is 8.40. The molecule has 0 saturated carbocycles. The number of amides is 2. The zero-order valence-electron chi connectivity index (χ0n) is 14.6. The van der Waals surface area contributed by atoms with Gasteiger partial charge in [-0.05, 0) is 25.5 Å². The number of sulfone groups is 1. The number of benzene rings is 1. The van der Waals surface area contributed by atoms with Gasteiger partial charge in [-0.15, -0.1) is 0 Å². The van der Waals surface area contributed by atoms with Crippen LogP contribution in [-0.4, -0.2) is 65.1 Å². The molecule has 2 heterocycles. The van der Waals surface area contributed by atoms with Gasteiger partial charge in [0.1, 0.15) is 5.75 Å². The summed E-state index contributed by atoms with van der Waals surface area (Å²) in [4.78, 5) is 25.2. The van der Waals surface area contributed by atoms with Gasteiger partial charge in [-0.1, -0.05) is 18.2 Å². The molecule has 0 bridgehead atoms. The fourth-order valence-electron chi connectivity index (χ4n) is 2.97. The number of carbonyl (C=O) groups excluding carboxylic acids is 2. The van der Waals surface area contributed by atoms with Gasteiger partial charge < -0.3 is 0 Å². The Hall–Kier alpha value is -2.68. The molecule has 0 atom stereocenters. The van der Waals surface area contributed by atoms with Gasteiger partial charge in [-0.25, -0.2) is 18.1 Å². The smallest absolute Gasteiger partial charge is 0.272 e. The maximum atomic E-state index is 12.9. The topological polar surface area (TPSA) is 92.6 Å². The highest BCUT2D eigenvalue weighted by Crippen LogP contribution is 2.20. The van der Waals surface area contributed by atoms with Crippen LogP contribution in [0, 0.1) is 6.92 Å². The minimum Gasteiger partial charge on any atom is -0.272 e. The predicted molar refractivity (Wildman–Crippen MR) is 95.4 cm³/mol. The Bertz CT molecular complexity index is 937. The summed E-state index contributed by atoms with van der Waals surface area (Å²) in [5.74, 6) is -1.56. The Balaban J connectivity index is 1.85. The summed E-state index contributed by atoms with van der Waals surface area (Å²) < 4.78 is 24.4. The minimum absolute atomic E-state index is 0.325. The highest BCUT2D eigenvalue weighted by Gasteiger charge is 2.34. The molecule has 0 aliphatic carbocycles. The summed E-state index contributed by atoms with van der Waals surface area (Å²) >= 11 is 0. The van der Waals surface area contributed by atoms with Crippen LogP contribution in [0.25, 0.3) is 5.69 Å². The van der Waals surface area contributed by atoms with E-state index in [1.807, 2.05) is 30.3 Å². The monoisotopic (exact) mass is 376 g/mol. The molecule has 0 spiro atoms. The van der Waals surface area contributed by atoms with Crippen molar-refractivity contribution in [2.75, 3.05) is 25.1 Å². The summed E-state index contributed by atoms with van der Waals surface area (Å²) in [6, 6.07) is 9.41. The van der Waals surface area contributed by atoms with Crippen molar-refractivity contribution < 1.29 is 18.0 Å². The van der Waals surface area contributed by atoms with E-state index in [-0.39, 0.29) is 5.91 Å². The number of hydrazine groups is 1. The van der Waals surface area contributed by atoms with E-state index in [1.165, 1.54) is 16.2 Å². The third-order valence-corrected chi connectivity index (χ3v) is 4.95. The van der Waals surface area contributed by atoms with Crippen molar-refractivity contribution >= 4 is 21.7 Å². The highest BCUT2D eigenvalue weighted by atomic mass is 32.2. The van der Waals surface area contributed by atoms with Crippen LogP contribution in [0.3, 0.4) is 0 Å². The zero-order valence-corrected chi connectivity index (χ0v) is 15.4. The summed E-state index contributed by atoms with van der Waals surface area (Å²) in [5, 5.41) is 6.81. The molecule has 0 unspecified atom stereocenters. The number of hydrogen-bond donors (Lipinski definition) is 0. The SMILES string of the molecule is Cc1c(C(=O)N2CCCN2C(=O)CS(C)(=O)=O)cnn1-c1ccccc1. The quantitative estimate of drug-likeness (QED) is 0.787. The van der Waals surface area contributed by atoms with Gasteiger partial charge in [-0.3, -0.25) is 14.6 Å². The Morgan fingerprint density at radius 3 is 2.42 bits per heavy atom. The third-order valence-electron chi connectivity index (χ3n) is 4.18. The first-order valence-corrected chi connectivity index (χ1v) is 10.2. The molecule has 8 nitrogen and oxygen atoms in total. The van der Waals surface area contributed by atoms with Gasteiger partial charge in [0.2, 0.25) is 0 Å². The fraction of sp³-hybridized carbons (Fsp3) is 0.353. The van der Waals surface area contributed by atoms with Gasteiger partial charge in [0.15, 0.2) is 9.84 Å². The number of carbonyl (C=O) groups is 2. The number of aromatic nitrogens is 2. The highest BCUT2D eigenvalue weighted by molar-refractivity contribution is 7.91. The minimum atomic E-state index is -3.46. The predicted octanol–water partition coefficient (Wildman–Crippen LogP) is 0.815. The Morgan fingerprint density at radius 2 is 1.77 bits per heavy atom. The summed E-state index contributed by atoms with van der Waals surface area (Å²) in [5.41, 5.74) is 1.87. The van der Waals surface area contributed by atoms with Crippen molar-refractivity contribution in [3.05, 3.63) is 47.8 Å². The molecule has 3 rings (SSSR count). The summed E-state index contributed by atoms with van der Waals surface area (Å²) in [6.45, 7) is 2.47. The average molecular weight is 376 g/mol. The molecule has 138 valence electrons. The normalized spacial score (nSPS) is 14.7. The van der Waals surface area contributed by atoms with Crippen LogP contribution in [0.15, 0.2) is 36.5 Å². The van der Waals surface area contributed by atoms with Crippen LogP contribution in [0.2, 0.25) is 0 Å². The van der Waals surface area contributed by atoms with E-state index in [2.05, 4.69) is 5.10 Å². The van der Waals surface area contributed by atoms with Gasteiger partial charge in [-0.2, -0.15) is 5.10 Å². The van der Waals surface area contributed by atoms with E-state index < -0.39 is 21.5 Å². The molecular weight excluding hydrogens is 356 g/mol. The molecule has 2 amide bonds. The van der Waals surface area contributed by atoms with E-state index >= 15 is 0 Å². The van der Waals surface area contributed by atoms with Crippen molar-refractivity contribution in [1.29, 1.82) is 0 Å². The molecule has 1 saturated heterocycles. The van der Waals surface area contributed by atoms with Crippen LogP contribution in [-0.2, 0) is 14.6 Å². The lowest BCUT2D eigenvalue weighted by Crippen LogP contribution is -2.47. The fourth-order valence-corrected chi connectivity index (χ4v) is 3.57. The molecule has 0 radical (unpaired) electrons. The van der Waals surface area contributed by atoms with Crippen LogP contribution in [0.4, 0.5) is 0 Å². The molecular formula is C17H20N4O4S. The van der Waals surface area contributed by atoms with Crippen molar-refractivity contribution in [3.8, 4) is 5.69 Å². The molecule has 0 N–H and O–H groups in total. The van der Waals surface area contributed by atoms with Crippen molar-refractivity contribution in [1.82, 2.24) is 19.8 Å². The van der Waals surface area contributed by atoms with E-state index in [0.717, 1.165) is 11.9 Å². The van der Waals surface area contributed by atoms with E-state index in [1.54, 1.807) is 11.6 Å². The van der Waals surface area contributed by atoms with Gasteiger partial charge in [0.25, 0.3) is 11.8 Å². The molecule has 26 heavy (non-hydrogen) atoms. The lowest BCUT2D eigenvalue weighted by molar-refractivity contribution is -0.137. The first kappa shape index (κ1) is 18.1. The molecule has 1 fully saturated rings. The van der Waals surface area contributed by atoms with Crippen molar-refractivity contribution in [3.63, 3.8) is 0 Å². The van der Waals surface area contributed by atoms with E-state index in [9.17, 15) is 18.0 Å². The number of nitrogens with zero attached hydrogens (tertiary/aromatic N) is 4. The lowest BCUT2D eigenvalue weighted by Gasteiger charge is -2.27. The zero-order chi connectivity index (χ0) is 18.9. The molecule has 9 heteroatoms.